The average molecular weight is 327 g/mol. The molecule has 1 amide bonds. The molecular weight excluding hydrogens is 313 g/mol. The number of anilines is 3. The van der Waals surface area contributed by atoms with E-state index in [0.29, 0.717) is 23.6 Å². The van der Waals surface area contributed by atoms with E-state index in [-0.39, 0.29) is 11.7 Å². The zero-order chi connectivity index (χ0) is 16.1. The minimum atomic E-state index is -0.305. The highest BCUT2D eigenvalue weighted by Crippen LogP contribution is 2.18. The summed E-state index contributed by atoms with van der Waals surface area (Å²) < 4.78 is 13.1. The minimum absolute atomic E-state index is 0.106. The maximum atomic E-state index is 13.1. The highest BCUT2D eigenvalue weighted by Gasteiger charge is 2.06. The summed E-state index contributed by atoms with van der Waals surface area (Å²) in [5.41, 5.74) is 1.35. The molecule has 0 saturated carbocycles. The van der Waals surface area contributed by atoms with Crippen molar-refractivity contribution < 1.29 is 9.18 Å². The molecule has 2 aromatic heterocycles. The van der Waals surface area contributed by atoms with E-state index in [1.807, 2.05) is 17.5 Å². The van der Waals surface area contributed by atoms with Gasteiger partial charge in [-0.1, -0.05) is 12.1 Å². The smallest absolute Gasteiger partial charge is 0.230 e. The number of thiophene rings is 1. The van der Waals surface area contributed by atoms with Crippen LogP contribution < -0.4 is 10.6 Å². The maximum absolute atomic E-state index is 13.1. The highest BCUT2D eigenvalue weighted by atomic mass is 32.1. The van der Waals surface area contributed by atoms with Gasteiger partial charge in [-0.05, 0) is 41.8 Å². The van der Waals surface area contributed by atoms with Gasteiger partial charge in [-0.2, -0.15) is 0 Å². The van der Waals surface area contributed by atoms with Gasteiger partial charge in [0.25, 0.3) is 0 Å². The largest absolute Gasteiger partial charge is 0.354 e. The number of rotatable bonds is 5. The number of benzene rings is 1. The van der Waals surface area contributed by atoms with Crippen molar-refractivity contribution in [3.05, 3.63) is 70.8 Å². The molecule has 0 spiro atoms. The SMILES string of the molecule is O=C(Cc1cccs1)Nc1ccc(Nc2cccc(F)c2)cn1. The number of nitrogens with zero attached hydrogens (tertiary/aromatic N) is 1. The first kappa shape index (κ1) is 15.2. The van der Waals surface area contributed by atoms with Crippen molar-refractivity contribution in [2.45, 2.75) is 6.42 Å². The van der Waals surface area contributed by atoms with Gasteiger partial charge in [0.05, 0.1) is 18.3 Å². The second-order valence-electron chi connectivity index (χ2n) is 4.87. The van der Waals surface area contributed by atoms with Gasteiger partial charge in [-0.25, -0.2) is 9.37 Å². The second-order valence-corrected chi connectivity index (χ2v) is 5.90. The first-order valence-corrected chi connectivity index (χ1v) is 7.88. The van der Waals surface area contributed by atoms with Crippen molar-refractivity contribution in [2.75, 3.05) is 10.6 Å². The number of amides is 1. The lowest BCUT2D eigenvalue weighted by Crippen LogP contribution is -2.14. The summed E-state index contributed by atoms with van der Waals surface area (Å²) in [6.07, 6.45) is 1.92. The number of halogens is 1. The van der Waals surface area contributed by atoms with Gasteiger partial charge in [-0.3, -0.25) is 4.79 Å². The van der Waals surface area contributed by atoms with Crippen LogP contribution in [0, 0.1) is 5.82 Å². The third-order valence-corrected chi connectivity index (χ3v) is 3.94. The Morgan fingerprint density at radius 1 is 1.13 bits per heavy atom. The Bertz CT molecular complexity index is 788. The molecule has 0 bridgehead atoms. The number of hydrogen-bond acceptors (Lipinski definition) is 4. The lowest BCUT2D eigenvalue weighted by molar-refractivity contribution is -0.115. The van der Waals surface area contributed by atoms with Crippen molar-refractivity contribution in [3.63, 3.8) is 0 Å². The second kappa shape index (κ2) is 7.02. The average Bonchev–Trinajstić information content (AvgIpc) is 3.02. The number of carbonyl (C=O) groups excluding carboxylic acids is 1. The normalized spacial score (nSPS) is 10.3. The quantitative estimate of drug-likeness (QED) is 0.738. The zero-order valence-corrected chi connectivity index (χ0v) is 12.9. The lowest BCUT2D eigenvalue weighted by atomic mass is 10.3. The molecule has 1 aromatic carbocycles. The Labute approximate surface area is 137 Å². The van der Waals surface area contributed by atoms with E-state index in [0.717, 1.165) is 4.88 Å². The summed E-state index contributed by atoms with van der Waals surface area (Å²) in [6, 6.07) is 13.5. The lowest BCUT2D eigenvalue weighted by Gasteiger charge is -2.08. The molecule has 0 saturated heterocycles. The molecule has 0 aliphatic rings. The highest BCUT2D eigenvalue weighted by molar-refractivity contribution is 7.10. The molecule has 2 N–H and O–H groups in total. The summed E-state index contributed by atoms with van der Waals surface area (Å²) in [4.78, 5) is 17.1. The molecule has 0 aliphatic heterocycles. The monoisotopic (exact) mass is 327 g/mol. The Balaban J connectivity index is 1.59. The van der Waals surface area contributed by atoms with Gasteiger partial charge in [0.1, 0.15) is 11.6 Å². The standard InChI is InChI=1S/C17H14FN3OS/c18-12-3-1-4-13(9-12)20-14-6-7-16(19-11-14)21-17(22)10-15-5-2-8-23-15/h1-9,11,20H,10H2,(H,19,21,22). The van der Waals surface area contributed by atoms with E-state index in [1.54, 1.807) is 41.8 Å². The molecule has 4 nitrogen and oxygen atoms in total. The molecule has 0 radical (unpaired) electrons. The Hall–Kier alpha value is -2.73. The van der Waals surface area contributed by atoms with Gasteiger partial charge >= 0.3 is 0 Å². The first-order chi connectivity index (χ1) is 11.2. The van der Waals surface area contributed by atoms with Crippen LogP contribution in [-0.4, -0.2) is 10.9 Å². The summed E-state index contributed by atoms with van der Waals surface area (Å²) in [5, 5.41) is 7.74. The topological polar surface area (TPSA) is 54.0 Å². The Kier molecular flexibility index (Phi) is 4.63. The molecule has 23 heavy (non-hydrogen) atoms. The van der Waals surface area contributed by atoms with Crippen LogP contribution in [0.25, 0.3) is 0 Å². The van der Waals surface area contributed by atoms with Crippen LogP contribution in [0.4, 0.5) is 21.6 Å². The molecule has 6 heteroatoms. The van der Waals surface area contributed by atoms with Gasteiger partial charge < -0.3 is 10.6 Å². The molecule has 3 aromatic rings. The number of pyridine rings is 1. The van der Waals surface area contributed by atoms with Gasteiger partial charge in [0.15, 0.2) is 0 Å². The van der Waals surface area contributed by atoms with Gasteiger partial charge in [0.2, 0.25) is 5.91 Å². The van der Waals surface area contributed by atoms with Crippen LogP contribution in [0.1, 0.15) is 4.88 Å². The molecule has 0 unspecified atom stereocenters. The van der Waals surface area contributed by atoms with Crippen molar-refractivity contribution in [1.29, 1.82) is 0 Å². The third-order valence-electron chi connectivity index (χ3n) is 3.06. The summed E-state index contributed by atoms with van der Waals surface area (Å²) in [7, 11) is 0. The van der Waals surface area contributed by atoms with Crippen LogP contribution in [0.3, 0.4) is 0 Å². The molecule has 0 aliphatic carbocycles. The summed E-state index contributed by atoms with van der Waals surface area (Å²) in [6.45, 7) is 0. The number of nitrogens with one attached hydrogen (secondary N) is 2. The minimum Gasteiger partial charge on any atom is -0.354 e. The number of hydrogen-bond donors (Lipinski definition) is 2. The van der Waals surface area contributed by atoms with E-state index in [1.165, 1.54) is 12.1 Å². The molecule has 0 atom stereocenters. The van der Waals surface area contributed by atoms with Crippen LogP contribution in [-0.2, 0) is 11.2 Å². The third kappa shape index (κ3) is 4.37. The van der Waals surface area contributed by atoms with Crippen molar-refractivity contribution in [2.24, 2.45) is 0 Å². The first-order valence-electron chi connectivity index (χ1n) is 7.00. The van der Waals surface area contributed by atoms with Crippen LogP contribution in [0.2, 0.25) is 0 Å². The van der Waals surface area contributed by atoms with E-state index in [2.05, 4.69) is 15.6 Å². The Morgan fingerprint density at radius 3 is 2.74 bits per heavy atom. The van der Waals surface area contributed by atoms with Crippen LogP contribution in [0.15, 0.2) is 60.1 Å². The van der Waals surface area contributed by atoms with E-state index >= 15 is 0 Å². The fourth-order valence-electron chi connectivity index (χ4n) is 2.03. The molecule has 0 fully saturated rings. The van der Waals surface area contributed by atoms with Crippen LogP contribution >= 0.6 is 11.3 Å². The maximum Gasteiger partial charge on any atom is 0.230 e. The van der Waals surface area contributed by atoms with Gasteiger partial charge in [0, 0.05) is 10.6 Å². The summed E-state index contributed by atoms with van der Waals surface area (Å²) >= 11 is 1.54. The fourth-order valence-corrected chi connectivity index (χ4v) is 2.74. The Morgan fingerprint density at radius 2 is 2.04 bits per heavy atom. The molecule has 116 valence electrons. The number of carbonyl (C=O) groups is 1. The van der Waals surface area contributed by atoms with Crippen molar-refractivity contribution in [1.82, 2.24) is 4.98 Å². The van der Waals surface area contributed by atoms with E-state index in [9.17, 15) is 9.18 Å². The van der Waals surface area contributed by atoms with Gasteiger partial charge in [-0.15, -0.1) is 11.3 Å². The summed E-state index contributed by atoms with van der Waals surface area (Å²) in [5.74, 6) is 0.0718. The van der Waals surface area contributed by atoms with E-state index < -0.39 is 0 Å². The predicted octanol–water partition coefficient (Wildman–Crippen LogP) is 4.21. The number of aromatic nitrogens is 1. The zero-order valence-electron chi connectivity index (χ0n) is 12.1. The molecule has 2 heterocycles. The van der Waals surface area contributed by atoms with E-state index in [4.69, 9.17) is 0 Å². The van der Waals surface area contributed by atoms with Crippen LogP contribution in [0.5, 0.6) is 0 Å². The van der Waals surface area contributed by atoms with Crippen molar-refractivity contribution >= 4 is 34.4 Å². The molecule has 3 rings (SSSR count). The molecular formula is C17H14FN3OS. The predicted molar refractivity (Wildman–Crippen MR) is 90.6 cm³/mol. The van der Waals surface area contributed by atoms with Crippen molar-refractivity contribution in [3.8, 4) is 0 Å². The fraction of sp³-hybridized carbons (Fsp3) is 0.0588.